The van der Waals surface area contributed by atoms with Crippen LogP contribution in [0.25, 0.3) is 0 Å². The highest BCUT2D eigenvalue weighted by atomic mass is 16.6. The Hall–Kier alpha value is -2.29. The Morgan fingerprint density at radius 3 is 2.15 bits per heavy atom. The number of hydrogen-bond donors (Lipinski definition) is 0. The van der Waals surface area contributed by atoms with Crippen LogP contribution >= 0.6 is 0 Å². The van der Waals surface area contributed by atoms with Crippen LogP contribution in [0.5, 0.6) is 5.75 Å². The van der Waals surface area contributed by atoms with Crippen LogP contribution in [-0.4, -0.2) is 13.1 Å². The highest BCUT2D eigenvalue weighted by Crippen LogP contribution is 2.29. The van der Waals surface area contributed by atoms with E-state index in [0.29, 0.717) is 5.75 Å². The van der Waals surface area contributed by atoms with E-state index < -0.39 is 11.6 Å². The minimum absolute atomic E-state index is 0.427. The van der Waals surface area contributed by atoms with Gasteiger partial charge in [-0.15, -0.1) is 0 Å². The van der Waals surface area contributed by atoms with Crippen molar-refractivity contribution in [3.63, 3.8) is 0 Å². The molecule has 0 N–H and O–H groups in total. The first-order chi connectivity index (χ1) is 9.56. The number of esters is 1. The number of carbonyl (C=O) groups is 1. The van der Waals surface area contributed by atoms with E-state index in [9.17, 15) is 4.79 Å². The van der Waals surface area contributed by atoms with Crippen LogP contribution in [0.1, 0.15) is 18.1 Å². The van der Waals surface area contributed by atoms with Crippen molar-refractivity contribution in [2.24, 2.45) is 0 Å². The highest BCUT2D eigenvalue weighted by Gasteiger charge is 2.39. The molecule has 0 heterocycles. The second kappa shape index (κ2) is 5.78. The normalized spacial score (nSPS) is 13.3. The summed E-state index contributed by atoms with van der Waals surface area (Å²) >= 11 is 0. The molecule has 3 heteroatoms. The van der Waals surface area contributed by atoms with Crippen molar-refractivity contribution >= 4 is 5.97 Å². The van der Waals surface area contributed by atoms with Crippen molar-refractivity contribution < 1.29 is 14.3 Å². The molecule has 104 valence electrons. The van der Waals surface area contributed by atoms with Crippen LogP contribution in [0, 0.1) is 6.92 Å². The van der Waals surface area contributed by atoms with E-state index in [1.165, 1.54) is 7.11 Å². The number of rotatable bonds is 4. The number of hydrogen-bond acceptors (Lipinski definition) is 3. The summed E-state index contributed by atoms with van der Waals surface area (Å²) in [6.07, 6.45) is 0. The summed E-state index contributed by atoms with van der Waals surface area (Å²) in [5.41, 5.74) is 0.731. The minimum Gasteiger partial charge on any atom is -0.471 e. The van der Waals surface area contributed by atoms with Gasteiger partial charge in [0.25, 0.3) is 0 Å². The predicted octanol–water partition coefficient (Wildman–Crippen LogP) is 3.46. The van der Waals surface area contributed by atoms with E-state index in [2.05, 4.69) is 0 Å². The van der Waals surface area contributed by atoms with Gasteiger partial charge in [0.15, 0.2) is 0 Å². The smallest absolute Gasteiger partial charge is 0.354 e. The zero-order valence-corrected chi connectivity index (χ0v) is 11.9. The average molecular weight is 270 g/mol. The molecule has 0 fully saturated rings. The van der Waals surface area contributed by atoms with Gasteiger partial charge in [-0.3, -0.25) is 0 Å². The first kappa shape index (κ1) is 14.1. The Morgan fingerprint density at radius 1 is 1.00 bits per heavy atom. The van der Waals surface area contributed by atoms with Gasteiger partial charge in [0.05, 0.1) is 7.11 Å². The molecule has 0 spiro atoms. The lowest BCUT2D eigenvalue weighted by Gasteiger charge is -2.28. The summed E-state index contributed by atoms with van der Waals surface area (Å²) in [6, 6.07) is 16.9. The van der Waals surface area contributed by atoms with Crippen LogP contribution in [0.4, 0.5) is 0 Å². The van der Waals surface area contributed by atoms with Gasteiger partial charge in [-0.05, 0) is 26.0 Å². The lowest BCUT2D eigenvalue weighted by molar-refractivity contribution is -0.158. The quantitative estimate of drug-likeness (QED) is 0.798. The second-order valence-corrected chi connectivity index (χ2v) is 4.81. The van der Waals surface area contributed by atoms with Crippen molar-refractivity contribution in [3.05, 3.63) is 65.7 Å². The molecule has 0 saturated carbocycles. The summed E-state index contributed by atoms with van der Waals surface area (Å²) < 4.78 is 10.8. The second-order valence-electron chi connectivity index (χ2n) is 4.81. The van der Waals surface area contributed by atoms with E-state index >= 15 is 0 Å². The molecule has 1 atom stereocenters. The fourth-order valence-corrected chi connectivity index (χ4v) is 2.01. The van der Waals surface area contributed by atoms with E-state index in [4.69, 9.17) is 9.47 Å². The van der Waals surface area contributed by atoms with Crippen molar-refractivity contribution in [1.29, 1.82) is 0 Å². The molecule has 0 saturated heterocycles. The van der Waals surface area contributed by atoms with Gasteiger partial charge in [-0.2, -0.15) is 0 Å². The molecule has 0 aromatic heterocycles. The van der Waals surface area contributed by atoms with Crippen LogP contribution in [0.2, 0.25) is 0 Å². The molecule has 0 radical (unpaired) electrons. The molecular weight excluding hydrogens is 252 g/mol. The molecule has 3 nitrogen and oxygen atoms in total. The van der Waals surface area contributed by atoms with Crippen molar-refractivity contribution in [3.8, 4) is 5.75 Å². The fourth-order valence-electron chi connectivity index (χ4n) is 2.01. The van der Waals surface area contributed by atoms with Crippen LogP contribution in [-0.2, 0) is 15.1 Å². The van der Waals surface area contributed by atoms with E-state index in [-0.39, 0.29) is 0 Å². The van der Waals surface area contributed by atoms with Gasteiger partial charge >= 0.3 is 5.97 Å². The highest BCUT2D eigenvalue weighted by molar-refractivity contribution is 5.81. The number of methoxy groups -OCH3 is 1. The standard InChI is InChI=1S/C17H18O3/c1-13-9-11-15(12-10-13)20-17(2,16(18)19-3)14-7-5-4-6-8-14/h4-12H,1-3H3. The predicted molar refractivity (Wildman–Crippen MR) is 77.6 cm³/mol. The summed E-state index contributed by atoms with van der Waals surface area (Å²) in [7, 11) is 1.36. The largest absolute Gasteiger partial charge is 0.471 e. The summed E-state index contributed by atoms with van der Waals surface area (Å²) in [4.78, 5) is 12.2. The summed E-state index contributed by atoms with van der Waals surface area (Å²) in [5.74, 6) is 0.205. The first-order valence-corrected chi connectivity index (χ1v) is 6.46. The van der Waals surface area contributed by atoms with Crippen molar-refractivity contribution in [2.75, 3.05) is 7.11 Å². The molecule has 0 aliphatic rings. The Morgan fingerprint density at radius 2 is 1.60 bits per heavy atom. The third-order valence-corrected chi connectivity index (χ3v) is 3.24. The number of aryl methyl sites for hydroxylation is 1. The van der Waals surface area contributed by atoms with Gasteiger partial charge < -0.3 is 9.47 Å². The first-order valence-electron chi connectivity index (χ1n) is 6.46. The topological polar surface area (TPSA) is 35.5 Å². The molecule has 0 bridgehead atoms. The molecule has 0 amide bonds. The average Bonchev–Trinajstić information content (AvgIpc) is 2.49. The third-order valence-electron chi connectivity index (χ3n) is 3.24. The Balaban J connectivity index is 2.38. The lowest BCUT2D eigenvalue weighted by Crippen LogP contribution is -2.39. The Labute approximate surface area is 119 Å². The zero-order valence-electron chi connectivity index (χ0n) is 11.9. The molecule has 0 aliphatic heterocycles. The maximum atomic E-state index is 12.2. The number of benzene rings is 2. The molecule has 20 heavy (non-hydrogen) atoms. The third kappa shape index (κ3) is 2.82. The number of carbonyl (C=O) groups excluding carboxylic acids is 1. The molecule has 2 aromatic rings. The summed E-state index contributed by atoms with van der Waals surface area (Å²) in [5, 5.41) is 0. The van der Waals surface area contributed by atoms with Crippen LogP contribution in [0.3, 0.4) is 0 Å². The van der Waals surface area contributed by atoms with Crippen LogP contribution < -0.4 is 4.74 Å². The van der Waals surface area contributed by atoms with Crippen molar-refractivity contribution in [2.45, 2.75) is 19.4 Å². The molecule has 1 unspecified atom stereocenters. The monoisotopic (exact) mass is 270 g/mol. The maximum Gasteiger partial charge on any atom is 0.354 e. The van der Waals surface area contributed by atoms with E-state index in [1.54, 1.807) is 6.92 Å². The van der Waals surface area contributed by atoms with Gasteiger partial charge in [-0.1, -0.05) is 48.0 Å². The minimum atomic E-state index is -1.16. The van der Waals surface area contributed by atoms with Crippen molar-refractivity contribution in [1.82, 2.24) is 0 Å². The maximum absolute atomic E-state index is 12.2. The summed E-state index contributed by atoms with van der Waals surface area (Å²) in [6.45, 7) is 3.72. The molecule has 2 aromatic carbocycles. The van der Waals surface area contributed by atoms with Gasteiger partial charge in [-0.25, -0.2) is 4.79 Å². The Kier molecular flexibility index (Phi) is 4.08. The zero-order chi connectivity index (χ0) is 14.6. The van der Waals surface area contributed by atoms with Gasteiger partial charge in [0.1, 0.15) is 5.75 Å². The molecule has 2 rings (SSSR count). The SMILES string of the molecule is COC(=O)C(C)(Oc1ccc(C)cc1)c1ccccc1. The van der Waals surface area contributed by atoms with Crippen LogP contribution in [0.15, 0.2) is 54.6 Å². The van der Waals surface area contributed by atoms with E-state index in [1.807, 2.05) is 61.5 Å². The molecule has 0 aliphatic carbocycles. The molecular formula is C17H18O3. The van der Waals surface area contributed by atoms with E-state index in [0.717, 1.165) is 11.1 Å². The van der Waals surface area contributed by atoms with Gasteiger partial charge in [0, 0.05) is 5.56 Å². The number of ether oxygens (including phenoxy) is 2. The fraction of sp³-hybridized carbons (Fsp3) is 0.235. The van der Waals surface area contributed by atoms with Gasteiger partial charge in [0.2, 0.25) is 5.60 Å². The Bertz CT molecular complexity index is 575. The lowest BCUT2D eigenvalue weighted by atomic mass is 9.95.